The Hall–Kier alpha value is -4.78. The third-order valence-corrected chi connectivity index (χ3v) is 8.36. The fourth-order valence-corrected chi connectivity index (χ4v) is 5.66. The van der Waals surface area contributed by atoms with Crippen LogP contribution < -0.4 is 31.5 Å². The highest BCUT2D eigenvalue weighted by Gasteiger charge is 2.32. The molecule has 0 saturated carbocycles. The van der Waals surface area contributed by atoms with Crippen molar-refractivity contribution in [2.75, 3.05) is 6.54 Å². The molecule has 49 heavy (non-hydrogen) atoms. The molecule has 3 aromatic rings. The van der Waals surface area contributed by atoms with E-state index in [1.54, 1.807) is 6.92 Å². The van der Waals surface area contributed by atoms with Gasteiger partial charge in [0.1, 0.15) is 23.9 Å². The van der Waals surface area contributed by atoms with Gasteiger partial charge in [0, 0.05) is 19.9 Å². The van der Waals surface area contributed by atoms with Gasteiger partial charge in [-0.15, -0.1) is 0 Å². The first kappa shape index (κ1) is 38.7. The molecule has 0 fully saturated rings. The van der Waals surface area contributed by atoms with E-state index in [9.17, 15) is 28.5 Å². The number of amides is 5. The van der Waals surface area contributed by atoms with Gasteiger partial charge in [0.2, 0.25) is 29.5 Å². The molecule has 8 N–H and O–H groups in total. The molecule has 4 atom stereocenters. The Labute approximate surface area is 284 Å². The molecule has 0 heterocycles. The van der Waals surface area contributed by atoms with E-state index in [4.69, 9.17) is 15.5 Å². The number of phosphoric ester groups is 1. The lowest BCUT2D eigenvalue weighted by molar-refractivity contribution is -0.135. The van der Waals surface area contributed by atoms with Crippen LogP contribution in [0.5, 0.6) is 5.75 Å². The molecule has 3 aromatic carbocycles. The molecule has 0 aliphatic heterocycles. The molecule has 0 radical (unpaired) electrons. The maximum absolute atomic E-state index is 13.5. The number of fused-ring (bicyclic) bond motifs is 1. The lowest BCUT2D eigenvalue weighted by Crippen LogP contribution is -2.59. The standard InChI is InChI=1S/C34H44N5O9P/c1-4-21(2)31(39-33(43)28(37-22(3)40)19-23-14-16-26(17-15-23)48-49(45,46)47)34(44)38-29(20-30(35)41)32(42)36-18-8-12-25-11-7-10-24-9-5-6-13-27(24)25/h5-7,9-11,13-17,21,28-29,31H,4,8,12,18-20H2,1-3H3,(H2,35,41)(H,36,42)(H,37,40)(H,38,44)(H,39,43)(H2,45,46,47)/t21-,28-,29-,31-/m0/s1. The smallest absolute Gasteiger partial charge is 0.404 e. The molecular weight excluding hydrogens is 653 g/mol. The van der Waals surface area contributed by atoms with Crippen LogP contribution in [0.3, 0.4) is 0 Å². The van der Waals surface area contributed by atoms with Crippen molar-refractivity contribution >= 4 is 48.1 Å². The molecular formula is C34H44N5O9P. The molecule has 0 aliphatic rings. The van der Waals surface area contributed by atoms with Crippen molar-refractivity contribution in [2.45, 2.75) is 71.0 Å². The lowest BCUT2D eigenvalue weighted by Gasteiger charge is -2.28. The van der Waals surface area contributed by atoms with E-state index >= 15 is 0 Å². The minimum absolute atomic E-state index is 0.0259. The van der Waals surface area contributed by atoms with E-state index in [2.05, 4.69) is 25.8 Å². The minimum atomic E-state index is -4.76. The number of carbonyl (C=O) groups is 5. The van der Waals surface area contributed by atoms with E-state index in [-0.39, 0.29) is 18.7 Å². The number of nitrogens with one attached hydrogen (secondary N) is 4. The number of rotatable bonds is 18. The lowest BCUT2D eigenvalue weighted by atomic mass is 9.96. The van der Waals surface area contributed by atoms with Gasteiger partial charge in [0.25, 0.3) is 0 Å². The number of benzene rings is 3. The summed E-state index contributed by atoms with van der Waals surface area (Å²) in [5.74, 6) is -3.81. The molecule has 0 saturated heterocycles. The quantitative estimate of drug-likeness (QED) is 0.0761. The first-order chi connectivity index (χ1) is 23.2. The highest BCUT2D eigenvalue weighted by molar-refractivity contribution is 7.46. The number of carbonyl (C=O) groups excluding carboxylic acids is 5. The van der Waals surface area contributed by atoms with Crippen LogP contribution in [-0.4, -0.2) is 64.0 Å². The number of nitrogens with two attached hydrogens (primary N) is 1. The second kappa shape index (κ2) is 18.1. The fourth-order valence-electron chi connectivity index (χ4n) is 5.27. The van der Waals surface area contributed by atoms with Crippen LogP contribution in [0.4, 0.5) is 0 Å². The third kappa shape index (κ3) is 12.6. The van der Waals surface area contributed by atoms with Crippen LogP contribution in [-0.2, 0) is 41.4 Å². The minimum Gasteiger partial charge on any atom is -0.404 e. The van der Waals surface area contributed by atoms with Gasteiger partial charge in [-0.1, -0.05) is 74.9 Å². The van der Waals surface area contributed by atoms with E-state index in [0.717, 1.165) is 16.3 Å². The number of aryl methyl sites for hydroxylation is 1. The SMILES string of the molecule is CC[C@H](C)[C@H](NC(=O)[C@H](Cc1ccc(OP(=O)(O)O)cc1)NC(C)=O)C(=O)N[C@@H](CC(N)=O)C(=O)NCCCc1cccc2ccccc12. The molecule has 14 nitrogen and oxygen atoms in total. The topological polar surface area (TPSA) is 226 Å². The van der Waals surface area contributed by atoms with Crippen LogP contribution in [0.1, 0.15) is 51.2 Å². The van der Waals surface area contributed by atoms with Crippen LogP contribution in [0.15, 0.2) is 66.7 Å². The van der Waals surface area contributed by atoms with Crippen LogP contribution >= 0.6 is 7.82 Å². The van der Waals surface area contributed by atoms with Crippen molar-refractivity contribution in [1.29, 1.82) is 0 Å². The monoisotopic (exact) mass is 697 g/mol. The average Bonchev–Trinajstić information content (AvgIpc) is 3.04. The number of primary amides is 1. The summed E-state index contributed by atoms with van der Waals surface area (Å²) >= 11 is 0. The maximum atomic E-state index is 13.5. The Morgan fingerprint density at radius 2 is 1.53 bits per heavy atom. The second-order valence-corrected chi connectivity index (χ2v) is 13.0. The summed E-state index contributed by atoms with van der Waals surface area (Å²) in [6.45, 7) is 5.05. The van der Waals surface area contributed by atoms with Crippen molar-refractivity contribution in [3.05, 3.63) is 77.9 Å². The maximum Gasteiger partial charge on any atom is 0.524 e. The van der Waals surface area contributed by atoms with Gasteiger partial charge < -0.3 is 31.5 Å². The van der Waals surface area contributed by atoms with Crippen molar-refractivity contribution < 1.29 is 42.8 Å². The van der Waals surface area contributed by atoms with Crippen molar-refractivity contribution in [1.82, 2.24) is 21.3 Å². The first-order valence-electron chi connectivity index (χ1n) is 15.9. The molecule has 0 aliphatic carbocycles. The Bertz CT molecular complexity index is 1670. The number of phosphoric acid groups is 1. The Kier molecular flexibility index (Phi) is 14.3. The molecule has 0 aromatic heterocycles. The normalized spacial score (nSPS) is 13.7. The van der Waals surface area contributed by atoms with Gasteiger partial charge in [-0.05, 0) is 52.8 Å². The van der Waals surface area contributed by atoms with Gasteiger partial charge in [-0.3, -0.25) is 33.8 Å². The largest absolute Gasteiger partial charge is 0.524 e. The van der Waals surface area contributed by atoms with Gasteiger partial charge in [-0.25, -0.2) is 4.57 Å². The molecule has 264 valence electrons. The van der Waals surface area contributed by atoms with Crippen LogP contribution in [0.2, 0.25) is 0 Å². The number of hydrogen-bond acceptors (Lipinski definition) is 7. The fraction of sp³-hybridized carbons (Fsp3) is 0.382. The number of hydrogen-bond donors (Lipinski definition) is 7. The molecule has 15 heteroatoms. The molecule has 0 spiro atoms. The van der Waals surface area contributed by atoms with E-state index < -0.39 is 67.8 Å². The second-order valence-electron chi connectivity index (χ2n) is 11.8. The zero-order chi connectivity index (χ0) is 36.1. The first-order valence-corrected chi connectivity index (χ1v) is 17.4. The van der Waals surface area contributed by atoms with Crippen molar-refractivity contribution in [3.8, 4) is 5.75 Å². The van der Waals surface area contributed by atoms with E-state index in [1.165, 1.54) is 31.2 Å². The summed E-state index contributed by atoms with van der Waals surface area (Å²) in [6.07, 6.45) is 1.27. The Morgan fingerprint density at radius 1 is 0.857 bits per heavy atom. The summed E-state index contributed by atoms with van der Waals surface area (Å²) in [7, 11) is -4.76. The van der Waals surface area contributed by atoms with Crippen molar-refractivity contribution in [2.24, 2.45) is 11.7 Å². The molecule has 0 unspecified atom stereocenters. The van der Waals surface area contributed by atoms with Gasteiger partial charge >= 0.3 is 7.82 Å². The van der Waals surface area contributed by atoms with Crippen molar-refractivity contribution in [3.63, 3.8) is 0 Å². The van der Waals surface area contributed by atoms with Gasteiger partial charge in [0.15, 0.2) is 0 Å². The van der Waals surface area contributed by atoms with Gasteiger partial charge in [-0.2, -0.15) is 0 Å². The summed E-state index contributed by atoms with van der Waals surface area (Å²) in [5.41, 5.74) is 7.06. The van der Waals surface area contributed by atoms with Gasteiger partial charge in [0.05, 0.1) is 6.42 Å². The predicted octanol–water partition coefficient (Wildman–Crippen LogP) is 2.00. The Balaban J connectivity index is 1.66. The summed E-state index contributed by atoms with van der Waals surface area (Å²) in [5, 5.41) is 12.8. The molecule has 0 bridgehead atoms. The average molecular weight is 698 g/mol. The summed E-state index contributed by atoms with van der Waals surface area (Å²) < 4.78 is 15.6. The Morgan fingerprint density at radius 3 is 2.16 bits per heavy atom. The van der Waals surface area contributed by atoms with E-state index in [0.29, 0.717) is 24.8 Å². The summed E-state index contributed by atoms with van der Waals surface area (Å²) in [4.78, 5) is 82.0. The third-order valence-electron chi connectivity index (χ3n) is 7.92. The van der Waals surface area contributed by atoms with E-state index in [1.807, 2.05) is 49.4 Å². The summed E-state index contributed by atoms with van der Waals surface area (Å²) in [6, 6.07) is 16.0. The predicted molar refractivity (Wildman–Crippen MR) is 183 cm³/mol. The molecule has 5 amide bonds. The zero-order valence-electron chi connectivity index (χ0n) is 27.7. The van der Waals surface area contributed by atoms with Crippen LogP contribution in [0.25, 0.3) is 10.8 Å². The highest BCUT2D eigenvalue weighted by atomic mass is 31.2. The van der Waals surface area contributed by atoms with Crippen LogP contribution in [0, 0.1) is 5.92 Å². The highest BCUT2D eigenvalue weighted by Crippen LogP contribution is 2.37. The zero-order valence-corrected chi connectivity index (χ0v) is 28.6. The molecule has 3 rings (SSSR count).